The Morgan fingerprint density at radius 1 is 0.633 bits per heavy atom. The molecule has 49 heavy (non-hydrogen) atoms. The zero-order valence-electron chi connectivity index (χ0n) is 35.1. The fourth-order valence-corrected chi connectivity index (χ4v) is 4.74. The van der Waals surface area contributed by atoms with Gasteiger partial charge < -0.3 is 23.8 Å². The molecule has 0 aliphatic carbocycles. The van der Waals surface area contributed by atoms with Crippen LogP contribution < -0.4 is 0 Å². The minimum absolute atomic E-state index is 0.0847. The lowest BCUT2D eigenvalue weighted by Crippen LogP contribution is -2.24. The Kier molecular flexibility index (Phi) is 55.9. The summed E-state index contributed by atoms with van der Waals surface area (Å²) in [6.07, 6.45) is 19.2. The molecule has 0 aliphatic heterocycles. The van der Waals surface area contributed by atoms with Gasteiger partial charge in [0.1, 0.15) is 12.1 Å². The highest BCUT2D eigenvalue weighted by Gasteiger charge is 2.23. The van der Waals surface area contributed by atoms with Gasteiger partial charge in [0.2, 0.25) is 0 Å². The summed E-state index contributed by atoms with van der Waals surface area (Å²) in [5.74, 6) is 0.594. The molecular formula is C42H86O7. The molecule has 0 aromatic heterocycles. The van der Waals surface area contributed by atoms with E-state index in [1.54, 1.807) is 7.11 Å². The Morgan fingerprint density at radius 2 is 1.06 bits per heavy atom. The van der Waals surface area contributed by atoms with E-state index in [1.165, 1.54) is 78.1 Å². The summed E-state index contributed by atoms with van der Waals surface area (Å²) in [6, 6.07) is 0. The van der Waals surface area contributed by atoms with Gasteiger partial charge in [0, 0.05) is 33.0 Å². The molecule has 0 bridgehead atoms. The van der Waals surface area contributed by atoms with E-state index in [9.17, 15) is 19.2 Å². The Balaban J connectivity index is -0.000000294. The summed E-state index contributed by atoms with van der Waals surface area (Å²) in [4.78, 5) is 44.9. The number of carbonyl (C=O) groups is 4. The molecule has 0 N–H and O–H groups in total. The maximum Gasteiger partial charge on any atom is 0.306 e. The molecular weight excluding hydrogens is 616 g/mol. The molecule has 4 unspecified atom stereocenters. The van der Waals surface area contributed by atoms with Crippen LogP contribution in [0.5, 0.6) is 0 Å². The van der Waals surface area contributed by atoms with Crippen molar-refractivity contribution >= 4 is 24.0 Å². The number of rotatable bonds is 27. The van der Waals surface area contributed by atoms with Crippen LogP contribution in [0.2, 0.25) is 0 Å². The summed E-state index contributed by atoms with van der Waals surface area (Å²) in [5, 5.41) is 0. The normalized spacial score (nSPS) is 12.3. The van der Waals surface area contributed by atoms with Crippen LogP contribution in [0.3, 0.4) is 0 Å². The molecule has 0 radical (unpaired) electrons. The van der Waals surface area contributed by atoms with Gasteiger partial charge in [-0.05, 0) is 56.8 Å². The molecule has 0 aliphatic rings. The van der Waals surface area contributed by atoms with Crippen LogP contribution in [0.1, 0.15) is 199 Å². The van der Waals surface area contributed by atoms with Crippen molar-refractivity contribution in [2.75, 3.05) is 26.9 Å². The number of esters is 2. The molecule has 0 saturated heterocycles. The number of hydrogen-bond acceptors (Lipinski definition) is 7. The quantitative estimate of drug-likeness (QED) is 0.0477. The summed E-state index contributed by atoms with van der Waals surface area (Å²) in [5.41, 5.74) is 0. The van der Waals surface area contributed by atoms with E-state index in [-0.39, 0.29) is 42.9 Å². The number of aldehydes is 1. The van der Waals surface area contributed by atoms with Crippen molar-refractivity contribution in [3.8, 4) is 0 Å². The number of ketones is 1. The SMILES string of the molecule is CC.CC.CC(C)=O.CCCCCCCCOC.CCCCCCCCOC(=O)CC(CC=O)CC(=O)OCC(CC(C)CC)C(C)CC. The van der Waals surface area contributed by atoms with Gasteiger partial charge in [0.15, 0.2) is 0 Å². The number of carbonyl (C=O) groups excluding carboxylic acids is 4. The molecule has 0 fully saturated rings. The van der Waals surface area contributed by atoms with Gasteiger partial charge >= 0.3 is 11.9 Å². The smallest absolute Gasteiger partial charge is 0.306 e. The van der Waals surface area contributed by atoms with E-state index >= 15 is 0 Å². The molecule has 0 spiro atoms. The van der Waals surface area contributed by atoms with Crippen molar-refractivity contribution in [2.24, 2.45) is 23.7 Å². The van der Waals surface area contributed by atoms with Gasteiger partial charge in [-0.3, -0.25) is 9.59 Å². The molecule has 0 aromatic rings. The van der Waals surface area contributed by atoms with Gasteiger partial charge in [-0.1, -0.05) is 146 Å². The predicted octanol–water partition coefficient (Wildman–Crippen LogP) is 12.2. The number of methoxy groups -OCH3 is 1. The van der Waals surface area contributed by atoms with E-state index in [1.807, 2.05) is 27.7 Å². The van der Waals surface area contributed by atoms with E-state index < -0.39 is 0 Å². The molecule has 7 heteroatoms. The standard InChI is InChI=1S/C26H48O5.C9H20O.C3H6O.2C2H6/c1-6-9-10-11-12-13-16-30-25(28)18-23(14-15-27)19-26(29)31-20-24(22(5)8-3)17-21(4)7-2;1-3-4-5-6-7-8-9-10-2;1-3(2)4;2*1-2/h15,21-24H,6-14,16-20H2,1-5H3;3-9H2,1-2H3;1-2H3;2*1-2H3. The van der Waals surface area contributed by atoms with Crippen LogP contribution in [-0.2, 0) is 33.4 Å². The summed E-state index contributed by atoms with van der Waals surface area (Å²) in [6.45, 7) is 26.0. The Hall–Kier alpha value is -1.76. The maximum atomic E-state index is 12.4. The second-order valence-electron chi connectivity index (χ2n) is 12.9. The lowest BCUT2D eigenvalue weighted by molar-refractivity contribution is -0.149. The zero-order chi connectivity index (χ0) is 38.7. The minimum Gasteiger partial charge on any atom is -0.466 e. The first-order valence-electron chi connectivity index (χ1n) is 20.2. The third-order valence-electron chi connectivity index (χ3n) is 8.11. The van der Waals surface area contributed by atoms with E-state index in [0.29, 0.717) is 31.0 Å². The van der Waals surface area contributed by atoms with Crippen LogP contribution in [0.15, 0.2) is 0 Å². The first kappa shape index (κ1) is 56.6. The zero-order valence-corrected chi connectivity index (χ0v) is 35.1. The van der Waals surface area contributed by atoms with Crippen LogP contribution in [0, 0.1) is 23.7 Å². The third kappa shape index (κ3) is 50.7. The fourth-order valence-electron chi connectivity index (χ4n) is 4.74. The Labute approximate surface area is 306 Å². The maximum absolute atomic E-state index is 12.4. The second-order valence-corrected chi connectivity index (χ2v) is 12.9. The van der Waals surface area contributed by atoms with E-state index in [4.69, 9.17) is 14.2 Å². The van der Waals surface area contributed by atoms with Crippen LogP contribution >= 0.6 is 0 Å². The minimum atomic E-state index is -0.348. The molecule has 0 saturated carbocycles. The number of Topliss-reactive ketones (excluding diaryl/α,β-unsaturated/α-hetero) is 1. The van der Waals surface area contributed by atoms with Gasteiger partial charge in [0.05, 0.1) is 13.2 Å². The first-order chi connectivity index (χ1) is 23.5. The van der Waals surface area contributed by atoms with Gasteiger partial charge in [-0.2, -0.15) is 0 Å². The molecule has 7 nitrogen and oxygen atoms in total. The van der Waals surface area contributed by atoms with Crippen LogP contribution in [0.4, 0.5) is 0 Å². The summed E-state index contributed by atoms with van der Waals surface area (Å²) >= 11 is 0. The van der Waals surface area contributed by atoms with Crippen LogP contribution in [-0.4, -0.2) is 50.9 Å². The molecule has 296 valence electrons. The van der Waals surface area contributed by atoms with Crippen molar-refractivity contribution in [3.63, 3.8) is 0 Å². The van der Waals surface area contributed by atoms with E-state index in [2.05, 4.69) is 41.5 Å². The predicted molar refractivity (Wildman–Crippen MR) is 210 cm³/mol. The van der Waals surface area contributed by atoms with Crippen molar-refractivity contribution in [3.05, 3.63) is 0 Å². The largest absolute Gasteiger partial charge is 0.466 e. The Morgan fingerprint density at radius 3 is 1.47 bits per heavy atom. The van der Waals surface area contributed by atoms with Gasteiger partial charge in [0.25, 0.3) is 0 Å². The highest BCUT2D eigenvalue weighted by molar-refractivity contribution is 5.74. The highest BCUT2D eigenvalue weighted by Crippen LogP contribution is 2.25. The summed E-state index contributed by atoms with van der Waals surface area (Å²) < 4.78 is 15.8. The van der Waals surface area contributed by atoms with E-state index in [0.717, 1.165) is 45.0 Å². The van der Waals surface area contributed by atoms with Gasteiger partial charge in [-0.15, -0.1) is 0 Å². The number of ether oxygens (including phenoxy) is 3. The van der Waals surface area contributed by atoms with Crippen molar-refractivity contribution in [1.29, 1.82) is 0 Å². The molecule has 0 rings (SSSR count). The first-order valence-corrected chi connectivity index (χ1v) is 20.2. The van der Waals surface area contributed by atoms with Crippen molar-refractivity contribution in [1.82, 2.24) is 0 Å². The lowest BCUT2D eigenvalue weighted by atomic mass is 9.84. The molecule has 4 atom stereocenters. The monoisotopic (exact) mass is 703 g/mol. The summed E-state index contributed by atoms with van der Waals surface area (Å²) in [7, 11) is 1.77. The lowest BCUT2D eigenvalue weighted by Gasteiger charge is -2.25. The number of unbranched alkanes of at least 4 members (excludes halogenated alkanes) is 10. The number of hydrogen-bond donors (Lipinski definition) is 0. The molecule has 0 heterocycles. The third-order valence-corrected chi connectivity index (χ3v) is 8.11. The van der Waals surface area contributed by atoms with Gasteiger partial charge in [-0.25, -0.2) is 0 Å². The average Bonchev–Trinajstić information content (AvgIpc) is 3.09. The Bertz CT molecular complexity index is 668. The average molecular weight is 703 g/mol. The van der Waals surface area contributed by atoms with Crippen molar-refractivity contribution < 1.29 is 33.4 Å². The van der Waals surface area contributed by atoms with Crippen LogP contribution in [0.25, 0.3) is 0 Å². The topological polar surface area (TPSA) is 96.0 Å². The highest BCUT2D eigenvalue weighted by atomic mass is 16.5. The fraction of sp³-hybridized carbons (Fsp3) is 0.905. The molecule has 0 aromatic carbocycles. The molecule has 0 amide bonds. The van der Waals surface area contributed by atoms with Crippen molar-refractivity contribution in [2.45, 2.75) is 199 Å². The second kappa shape index (κ2) is 48.4.